The third-order valence-electron chi connectivity index (χ3n) is 6.49. The number of carbonyl (C=O) groups excluding carboxylic acids is 1. The number of thioether (sulfide) groups is 1. The first-order chi connectivity index (χ1) is 19.1. The number of hydrogen-bond acceptors (Lipinski definition) is 8. The van der Waals surface area contributed by atoms with Crippen LogP contribution in [0.4, 0.5) is 16.3 Å². The number of fused-ring (bicyclic) bond motifs is 1. The maximum atomic E-state index is 13.6. The Morgan fingerprint density at radius 1 is 1.20 bits per heavy atom. The van der Waals surface area contributed by atoms with Crippen LogP contribution >= 0.6 is 11.8 Å². The minimum absolute atomic E-state index is 0.174. The summed E-state index contributed by atoms with van der Waals surface area (Å²) >= 11 is 1.43. The van der Waals surface area contributed by atoms with Crippen LogP contribution in [0.25, 0.3) is 0 Å². The van der Waals surface area contributed by atoms with Gasteiger partial charge in [0.15, 0.2) is 5.16 Å². The molecule has 1 N–H and O–H groups in total. The van der Waals surface area contributed by atoms with Crippen LogP contribution in [-0.2, 0) is 0 Å². The molecule has 1 unspecified atom stereocenters. The van der Waals surface area contributed by atoms with Crippen LogP contribution in [0, 0.1) is 5.41 Å². The summed E-state index contributed by atoms with van der Waals surface area (Å²) in [6.07, 6.45) is 5.97. The van der Waals surface area contributed by atoms with E-state index in [-0.39, 0.29) is 11.3 Å². The van der Waals surface area contributed by atoms with Crippen LogP contribution in [0.2, 0.25) is 0 Å². The highest BCUT2D eigenvalue weighted by Crippen LogP contribution is 2.31. The zero-order chi connectivity index (χ0) is 28.9. The average molecular weight is 565 g/mol. The molecule has 2 amide bonds. The SMILES string of the molecule is CSc1ncc2c(n1)N(C)CCN(c1cccc(OC(CCN(CC(C)(C)C)C(=O)O)c3cccnc3)c1)C2=O. The third kappa shape index (κ3) is 7.20. The lowest BCUT2D eigenvalue weighted by molar-refractivity contribution is 0.0989. The van der Waals surface area contributed by atoms with E-state index in [4.69, 9.17) is 4.74 Å². The highest BCUT2D eigenvalue weighted by molar-refractivity contribution is 7.98. The van der Waals surface area contributed by atoms with E-state index in [1.54, 1.807) is 23.5 Å². The molecule has 2 aromatic heterocycles. The highest BCUT2D eigenvalue weighted by atomic mass is 32.2. The van der Waals surface area contributed by atoms with E-state index in [1.165, 1.54) is 16.7 Å². The quantitative estimate of drug-likeness (QED) is 0.276. The van der Waals surface area contributed by atoms with Gasteiger partial charge in [-0.3, -0.25) is 9.78 Å². The standard InChI is InChI=1S/C29H36N6O4S/c1-29(2,3)19-34(28(37)38)13-11-24(20-8-7-12-30-17-20)39-22-10-6-9-21(16-22)35-15-14-33(4)25-23(26(35)36)18-31-27(32-25)40-5/h6-10,12,16-18,24H,11,13-15,19H2,1-5H3,(H,37,38). The molecule has 10 nitrogen and oxygen atoms in total. The molecular weight excluding hydrogens is 528 g/mol. The first-order valence-corrected chi connectivity index (χ1v) is 14.4. The zero-order valence-electron chi connectivity index (χ0n) is 23.6. The van der Waals surface area contributed by atoms with Gasteiger partial charge in [-0.05, 0) is 29.9 Å². The van der Waals surface area contributed by atoms with E-state index in [0.717, 1.165) is 5.56 Å². The number of likely N-dealkylation sites (N-methyl/N-ethyl adjacent to an activating group) is 1. The topological polar surface area (TPSA) is 112 Å². The monoisotopic (exact) mass is 564 g/mol. The second kappa shape index (κ2) is 12.5. The van der Waals surface area contributed by atoms with Gasteiger partial charge in [0, 0.05) is 75.6 Å². The summed E-state index contributed by atoms with van der Waals surface area (Å²) in [5.74, 6) is 1.02. The van der Waals surface area contributed by atoms with Crippen LogP contribution in [0.5, 0.6) is 5.75 Å². The van der Waals surface area contributed by atoms with Gasteiger partial charge in [0.05, 0.1) is 0 Å². The maximum absolute atomic E-state index is 13.6. The molecule has 0 bridgehead atoms. The molecule has 1 aromatic carbocycles. The summed E-state index contributed by atoms with van der Waals surface area (Å²) in [5.41, 5.74) is 1.82. The van der Waals surface area contributed by atoms with Crippen molar-refractivity contribution in [3.8, 4) is 5.75 Å². The predicted molar refractivity (Wildman–Crippen MR) is 156 cm³/mol. The molecule has 40 heavy (non-hydrogen) atoms. The minimum atomic E-state index is -0.958. The summed E-state index contributed by atoms with van der Waals surface area (Å²) < 4.78 is 6.44. The Balaban J connectivity index is 1.58. The summed E-state index contributed by atoms with van der Waals surface area (Å²) in [6, 6.07) is 11.2. The van der Waals surface area contributed by atoms with Gasteiger partial charge in [-0.2, -0.15) is 0 Å². The second-order valence-electron chi connectivity index (χ2n) is 10.9. The van der Waals surface area contributed by atoms with Gasteiger partial charge in [0.2, 0.25) is 0 Å². The van der Waals surface area contributed by atoms with Crippen LogP contribution in [0.1, 0.15) is 49.2 Å². The van der Waals surface area contributed by atoms with Gasteiger partial charge < -0.3 is 24.5 Å². The fraction of sp³-hybridized carbons (Fsp3) is 0.414. The number of rotatable bonds is 9. The number of amides is 2. The first kappa shape index (κ1) is 29.1. The summed E-state index contributed by atoms with van der Waals surface area (Å²) in [6.45, 7) is 7.82. The van der Waals surface area contributed by atoms with Gasteiger partial charge in [-0.15, -0.1) is 0 Å². The van der Waals surface area contributed by atoms with Crippen molar-refractivity contribution in [2.75, 3.05) is 49.3 Å². The fourth-order valence-electron chi connectivity index (χ4n) is 4.58. The third-order valence-corrected chi connectivity index (χ3v) is 7.05. The normalized spacial score (nSPS) is 14.4. The van der Waals surface area contributed by atoms with Gasteiger partial charge in [-0.25, -0.2) is 14.8 Å². The molecule has 1 aliphatic rings. The summed E-state index contributed by atoms with van der Waals surface area (Å²) in [5, 5.41) is 10.4. The number of anilines is 2. The van der Waals surface area contributed by atoms with E-state index in [2.05, 4.69) is 15.0 Å². The van der Waals surface area contributed by atoms with Crippen molar-refractivity contribution in [2.24, 2.45) is 5.41 Å². The Bertz CT molecular complexity index is 1330. The number of benzene rings is 1. The molecule has 0 saturated heterocycles. The number of ether oxygens (including phenoxy) is 1. The molecule has 0 radical (unpaired) electrons. The highest BCUT2D eigenvalue weighted by Gasteiger charge is 2.29. The zero-order valence-corrected chi connectivity index (χ0v) is 24.4. The van der Waals surface area contributed by atoms with E-state index in [1.807, 2.05) is 75.4 Å². The number of nitrogens with zero attached hydrogens (tertiary/aromatic N) is 6. The molecule has 3 heterocycles. The molecular formula is C29H36N6O4S. The van der Waals surface area contributed by atoms with Crippen LogP contribution in [0.3, 0.4) is 0 Å². The number of hydrogen-bond donors (Lipinski definition) is 1. The van der Waals surface area contributed by atoms with E-state index >= 15 is 0 Å². The van der Waals surface area contributed by atoms with Crippen molar-refractivity contribution in [1.29, 1.82) is 0 Å². The molecule has 0 fully saturated rings. The van der Waals surface area contributed by atoms with Crippen molar-refractivity contribution in [3.05, 3.63) is 66.1 Å². The van der Waals surface area contributed by atoms with Gasteiger partial charge >= 0.3 is 6.09 Å². The maximum Gasteiger partial charge on any atom is 0.407 e. The number of aromatic nitrogens is 3. The van der Waals surface area contributed by atoms with Gasteiger partial charge in [-0.1, -0.05) is 44.7 Å². The molecule has 4 rings (SSSR count). The second-order valence-corrected chi connectivity index (χ2v) is 11.7. The van der Waals surface area contributed by atoms with E-state index in [9.17, 15) is 14.7 Å². The number of carboxylic acid groups (broad SMARTS) is 1. The van der Waals surface area contributed by atoms with E-state index < -0.39 is 12.2 Å². The largest absolute Gasteiger partial charge is 0.486 e. The Kier molecular flexibility index (Phi) is 9.14. The molecule has 1 aliphatic heterocycles. The lowest BCUT2D eigenvalue weighted by atomic mass is 9.96. The molecule has 3 aromatic rings. The average Bonchev–Trinajstić information content (AvgIpc) is 3.05. The van der Waals surface area contributed by atoms with Crippen LogP contribution < -0.4 is 14.5 Å². The molecule has 11 heteroatoms. The Morgan fingerprint density at radius 2 is 2.00 bits per heavy atom. The number of carbonyl (C=O) groups is 2. The Labute approximate surface area is 239 Å². The smallest absolute Gasteiger partial charge is 0.407 e. The molecule has 0 spiro atoms. The minimum Gasteiger partial charge on any atom is -0.486 e. The van der Waals surface area contributed by atoms with Gasteiger partial charge in [0.1, 0.15) is 23.2 Å². The van der Waals surface area contributed by atoms with Crippen molar-refractivity contribution in [1.82, 2.24) is 19.9 Å². The van der Waals surface area contributed by atoms with Crippen LogP contribution in [0.15, 0.2) is 60.1 Å². The summed E-state index contributed by atoms with van der Waals surface area (Å²) in [7, 11) is 1.92. The predicted octanol–water partition coefficient (Wildman–Crippen LogP) is 5.23. The van der Waals surface area contributed by atoms with Crippen molar-refractivity contribution >= 4 is 35.3 Å². The molecule has 1 atom stereocenters. The van der Waals surface area contributed by atoms with E-state index in [0.29, 0.717) is 60.6 Å². The van der Waals surface area contributed by atoms with Crippen molar-refractivity contribution < 1.29 is 19.4 Å². The number of pyridine rings is 1. The van der Waals surface area contributed by atoms with Gasteiger partial charge in [0.25, 0.3) is 5.91 Å². The van der Waals surface area contributed by atoms with Crippen molar-refractivity contribution in [3.63, 3.8) is 0 Å². The van der Waals surface area contributed by atoms with Crippen molar-refractivity contribution in [2.45, 2.75) is 38.5 Å². The lowest BCUT2D eigenvalue weighted by Crippen LogP contribution is -2.38. The Morgan fingerprint density at radius 3 is 2.67 bits per heavy atom. The lowest BCUT2D eigenvalue weighted by Gasteiger charge is -2.29. The Hall–Kier alpha value is -3.86. The first-order valence-electron chi connectivity index (χ1n) is 13.1. The van der Waals surface area contributed by atoms with Crippen LogP contribution in [-0.4, -0.2) is 76.4 Å². The molecule has 0 saturated carbocycles. The summed E-state index contributed by atoms with van der Waals surface area (Å²) in [4.78, 5) is 43.8. The molecule has 0 aliphatic carbocycles. The fourth-order valence-corrected chi connectivity index (χ4v) is 4.92. The molecule has 212 valence electrons.